The van der Waals surface area contributed by atoms with E-state index in [1.807, 2.05) is 20.8 Å². The van der Waals surface area contributed by atoms with Crippen molar-refractivity contribution in [1.82, 2.24) is 15.3 Å². The van der Waals surface area contributed by atoms with Crippen LogP contribution in [0.15, 0.2) is 58.3 Å². The lowest BCUT2D eigenvalue weighted by Crippen LogP contribution is -2.34. The van der Waals surface area contributed by atoms with Crippen LogP contribution in [0.2, 0.25) is 0 Å². The highest BCUT2D eigenvalue weighted by Crippen LogP contribution is 2.28. The van der Waals surface area contributed by atoms with Crippen LogP contribution < -0.4 is 22.5 Å². The highest BCUT2D eigenvalue weighted by molar-refractivity contribution is 7.86. The Morgan fingerprint density at radius 3 is 1.86 bits per heavy atom. The average Bonchev–Trinajstić information content (AvgIpc) is 3.63. The number of fused-ring (bicyclic) bond motifs is 2. The number of hydrogen-bond donors (Lipinski definition) is 5. The van der Waals surface area contributed by atoms with Crippen molar-refractivity contribution in [2.45, 2.75) is 94.0 Å². The molecule has 2 heterocycles. The number of hydrogen-bond acceptors (Lipinski definition) is 13. The molecule has 274 valence electrons. The van der Waals surface area contributed by atoms with Gasteiger partial charge in [0, 0.05) is 28.4 Å². The van der Waals surface area contributed by atoms with Gasteiger partial charge in [-0.15, -0.1) is 22.7 Å². The van der Waals surface area contributed by atoms with E-state index in [0.717, 1.165) is 56.2 Å². The predicted octanol–water partition coefficient (Wildman–Crippen LogP) is 5.29. The minimum Gasteiger partial charge on any atom is -0.375 e. The molecule has 2 aromatic carbocycles. The standard InChI is InChI=1S/C10H16N3S.C10H14O3S.C7H11N3S.C7H8O3S/c1-2-5-12-7-3-4-8-9(6-7)14-10(11)13-8;1-3-8-13-14(11,12)10-6-4-9(2)5-7-10;8-4-1-2-5-6(3-4)11-7(9)10-5;1-6-2-4-7(5-3-6)11(8,9)10/h7,12H,1-6H2,(H2,11,13);4-7H,3,8H2,1-2H3;4H,1-3,8H2,(H2,9,10);2-5H,1H3,(H,8,9,10)/q+1;;;. The number of nitrogens with one attached hydrogen (secondary N) is 1. The Labute approximate surface area is 304 Å². The van der Waals surface area contributed by atoms with Gasteiger partial charge in [0.25, 0.3) is 20.2 Å². The fourth-order valence-electron chi connectivity index (χ4n) is 4.97. The van der Waals surface area contributed by atoms with E-state index in [0.29, 0.717) is 28.8 Å². The maximum absolute atomic E-state index is 11.5. The summed E-state index contributed by atoms with van der Waals surface area (Å²) in [6.07, 6.45) is 7.99. The lowest BCUT2D eigenvalue weighted by Gasteiger charge is -2.21. The quantitative estimate of drug-likeness (QED) is 0.0880. The molecule has 0 bridgehead atoms. The average molecular weight is 766 g/mol. The fraction of sp³-hybridized carbons (Fsp3) is 0.441. The first kappa shape index (κ1) is 41.3. The van der Waals surface area contributed by atoms with Crippen LogP contribution in [0, 0.1) is 20.8 Å². The fourth-order valence-corrected chi connectivity index (χ4v) is 8.37. The topological polar surface area (TPSA) is 214 Å². The first-order valence-electron chi connectivity index (χ1n) is 16.4. The van der Waals surface area contributed by atoms with Crippen LogP contribution >= 0.6 is 22.7 Å². The number of aromatic nitrogens is 2. The van der Waals surface area contributed by atoms with Crippen LogP contribution in [-0.4, -0.2) is 56.6 Å². The summed E-state index contributed by atoms with van der Waals surface area (Å²) in [5, 5.41) is 4.90. The van der Waals surface area contributed by atoms with Gasteiger partial charge in [0.15, 0.2) is 10.3 Å². The van der Waals surface area contributed by atoms with Gasteiger partial charge >= 0.3 is 0 Å². The second-order valence-electron chi connectivity index (χ2n) is 12.0. The number of nitrogens with zero attached hydrogens (tertiary/aromatic N) is 2. The van der Waals surface area contributed by atoms with Crippen molar-refractivity contribution in [3.63, 3.8) is 0 Å². The number of nitrogen functional groups attached to an aromatic ring is 2. The Morgan fingerprint density at radius 1 is 0.860 bits per heavy atom. The molecule has 0 saturated heterocycles. The first-order valence-corrected chi connectivity index (χ1v) is 20.9. The van der Waals surface area contributed by atoms with Crippen LogP contribution in [0.25, 0.3) is 0 Å². The summed E-state index contributed by atoms with van der Waals surface area (Å²) in [6.45, 7) is 10.7. The zero-order valence-electron chi connectivity index (χ0n) is 28.8. The van der Waals surface area contributed by atoms with Gasteiger partial charge in [-0.3, -0.25) is 8.74 Å². The molecule has 0 spiro atoms. The third-order valence-electron chi connectivity index (χ3n) is 7.63. The lowest BCUT2D eigenvalue weighted by molar-refractivity contribution is 0.318. The van der Waals surface area contributed by atoms with Gasteiger partial charge in [0.05, 0.1) is 41.1 Å². The first-order chi connectivity index (χ1) is 23.6. The van der Waals surface area contributed by atoms with Gasteiger partial charge in [-0.05, 0) is 83.1 Å². The second-order valence-corrected chi connectivity index (χ2v) is 17.2. The Bertz CT molecular complexity index is 1840. The van der Waals surface area contributed by atoms with Crippen LogP contribution in [0.3, 0.4) is 0 Å². The van der Waals surface area contributed by atoms with Crippen molar-refractivity contribution in [2.24, 2.45) is 5.73 Å². The van der Waals surface area contributed by atoms with Crippen LogP contribution in [0.5, 0.6) is 0 Å². The van der Waals surface area contributed by atoms with E-state index in [4.69, 9.17) is 25.9 Å². The van der Waals surface area contributed by atoms with Crippen LogP contribution in [-0.2, 0) is 50.1 Å². The Balaban J connectivity index is 0.000000181. The molecular weight excluding hydrogens is 717 g/mol. The smallest absolute Gasteiger partial charge is 0.296 e. The summed E-state index contributed by atoms with van der Waals surface area (Å²) in [6, 6.07) is 13.5. The molecule has 0 fully saturated rings. The van der Waals surface area contributed by atoms with Crippen molar-refractivity contribution in [3.8, 4) is 0 Å². The molecule has 6 rings (SSSR count). The number of aryl methyl sites for hydroxylation is 4. The van der Waals surface area contributed by atoms with Crippen molar-refractivity contribution in [2.75, 3.05) is 24.6 Å². The molecule has 16 heteroatoms. The van der Waals surface area contributed by atoms with Crippen molar-refractivity contribution >= 4 is 53.2 Å². The van der Waals surface area contributed by atoms with E-state index in [1.54, 1.807) is 59.1 Å². The number of thiazole rings is 2. The van der Waals surface area contributed by atoms with Crippen molar-refractivity contribution in [3.05, 3.63) is 87.7 Å². The summed E-state index contributed by atoms with van der Waals surface area (Å²) in [5.74, 6) is 0. The van der Waals surface area contributed by atoms with Gasteiger partial charge in [-0.25, -0.2) is 9.97 Å². The zero-order valence-corrected chi connectivity index (χ0v) is 32.1. The third kappa shape index (κ3) is 13.6. The van der Waals surface area contributed by atoms with Crippen LogP contribution in [0.4, 0.5) is 10.3 Å². The van der Waals surface area contributed by atoms with Gasteiger partial charge in [-0.1, -0.05) is 42.3 Å². The van der Waals surface area contributed by atoms with Gasteiger partial charge in [0.2, 0.25) is 0 Å². The largest absolute Gasteiger partial charge is 0.375 e. The van der Waals surface area contributed by atoms with Crippen molar-refractivity contribution in [1.29, 1.82) is 0 Å². The molecule has 2 aliphatic carbocycles. The minimum atomic E-state index is -4.02. The van der Waals surface area contributed by atoms with Gasteiger partial charge < -0.3 is 22.5 Å². The molecule has 12 nitrogen and oxygen atoms in total. The lowest BCUT2D eigenvalue weighted by atomic mass is 9.98. The maximum atomic E-state index is 11.5. The van der Waals surface area contributed by atoms with Crippen LogP contribution in [0.1, 0.15) is 64.9 Å². The summed E-state index contributed by atoms with van der Waals surface area (Å²) < 4.78 is 57.3. The number of benzene rings is 2. The summed E-state index contributed by atoms with van der Waals surface area (Å²) in [4.78, 5) is 11.4. The van der Waals surface area contributed by atoms with E-state index >= 15 is 0 Å². The molecule has 4 aromatic rings. The van der Waals surface area contributed by atoms with E-state index < -0.39 is 20.2 Å². The normalized spacial score (nSPS) is 16.7. The molecule has 2 aromatic heterocycles. The Kier molecular flexibility index (Phi) is 16.1. The summed E-state index contributed by atoms with van der Waals surface area (Å²) in [5.41, 5.74) is 21.4. The van der Waals surface area contributed by atoms with Gasteiger partial charge in [0.1, 0.15) is 0 Å². The molecule has 50 heavy (non-hydrogen) atoms. The molecule has 0 amide bonds. The SMILES string of the molecule is CCCOS(=O)(=O)c1ccc(C)cc1.Cc1ccc(S(=O)(=O)O)cc1.Nc1nc2c(s1)CC(N)CC2.[CH2+]CCNC1CCc2nc(N)sc2C1. The third-order valence-corrected chi connectivity index (χ3v) is 11.7. The number of rotatable bonds is 8. The monoisotopic (exact) mass is 765 g/mol. The molecule has 0 radical (unpaired) electrons. The predicted molar refractivity (Wildman–Crippen MR) is 202 cm³/mol. The van der Waals surface area contributed by atoms with Gasteiger partial charge in [-0.2, -0.15) is 16.8 Å². The van der Waals surface area contributed by atoms with E-state index in [9.17, 15) is 16.8 Å². The molecule has 0 saturated carbocycles. The van der Waals surface area contributed by atoms with E-state index in [-0.39, 0.29) is 16.4 Å². The number of nitrogens with two attached hydrogens (primary N) is 3. The van der Waals surface area contributed by atoms with E-state index in [1.165, 1.54) is 39.7 Å². The Hall–Kier alpha value is -3.09. The minimum absolute atomic E-state index is 0.0666. The summed E-state index contributed by atoms with van der Waals surface area (Å²) >= 11 is 3.22. The zero-order chi connectivity index (χ0) is 36.9. The Morgan fingerprint density at radius 2 is 1.36 bits per heavy atom. The summed E-state index contributed by atoms with van der Waals surface area (Å²) in [7, 11) is -7.56. The van der Waals surface area contributed by atoms with Crippen molar-refractivity contribution < 1.29 is 25.6 Å². The molecule has 8 N–H and O–H groups in total. The number of anilines is 2. The molecule has 2 atom stereocenters. The second kappa shape index (κ2) is 19.5. The maximum Gasteiger partial charge on any atom is 0.296 e. The highest BCUT2D eigenvalue weighted by Gasteiger charge is 2.22. The molecule has 2 aliphatic rings. The molecular formula is C34H49N6O6S4+. The highest BCUT2D eigenvalue weighted by atomic mass is 32.2. The van der Waals surface area contributed by atoms with E-state index in [2.05, 4.69) is 22.2 Å². The molecule has 0 aliphatic heterocycles. The molecule has 2 unspecified atom stereocenters.